The Morgan fingerprint density at radius 3 is 2.75 bits per heavy atom. The molecule has 1 saturated heterocycles. The summed E-state index contributed by atoms with van der Waals surface area (Å²) in [7, 11) is 0. The molecule has 0 spiro atoms. The van der Waals surface area contributed by atoms with Gasteiger partial charge in [0.05, 0.1) is 6.04 Å². The molecule has 0 aromatic carbocycles. The van der Waals surface area contributed by atoms with Crippen molar-refractivity contribution < 1.29 is 10.0 Å². The molecular weight excluding hydrogens is 106 g/mol. The second kappa shape index (κ2) is 2.24. The van der Waals surface area contributed by atoms with Crippen molar-refractivity contribution in [3.05, 3.63) is 0 Å². The zero-order chi connectivity index (χ0) is 5.98. The summed E-state index contributed by atoms with van der Waals surface area (Å²) in [6.45, 7) is 0.642. The lowest BCUT2D eigenvalue weighted by atomic mass is 10.2. The van der Waals surface area contributed by atoms with E-state index in [1.165, 1.54) is 0 Å². The van der Waals surface area contributed by atoms with Crippen molar-refractivity contribution in [2.24, 2.45) is 0 Å². The second-order valence-corrected chi connectivity index (χ2v) is 2.01. The van der Waals surface area contributed by atoms with E-state index in [9.17, 15) is 4.79 Å². The molecule has 0 saturated carbocycles. The van der Waals surface area contributed by atoms with Crippen molar-refractivity contribution in [3.8, 4) is 0 Å². The number of nitrogens with zero attached hydrogens (tertiary/aromatic N) is 1. The van der Waals surface area contributed by atoms with Crippen molar-refractivity contribution >= 4 is 6.29 Å². The highest BCUT2D eigenvalue weighted by atomic mass is 16.5. The summed E-state index contributed by atoms with van der Waals surface area (Å²) in [5.74, 6) is 0. The van der Waals surface area contributed by atoms with E-state index in [0.717, 1.165) is 24.2 Å². The average Bonchev–Trinajstić information content (AvgIpc) is 2.14. The Bertz CT molecular complexity index is 94.4. The number of rotatable bonds is 1. The van der Waals surface area contributed by atoms with Gasteiger partial charge < -0.3 is 10.0 Å². The van der Waals surface area contributed by atoms with Crippen molar-refractivity contribution in [2.45, 2.75) is 18.9 Å². The molecule has 1 aliphatic heterocycles. The molecule has 1 unspecified atom stereocenters. The number of carbonyl (C=O) groups excluding carboxylic acids is 1. The number of hydroxylamine groups is 2. The highest BCUT2D eigenvalue weighted by molar-refractivity contribution is 5.57. The molecule has 8 heavy (non-hydrogen) atoms. The fourth-order valence-electron chi connectivity index (χ4n) is 0.916. The van der Waals surface area contributed by atoms with Crippen molar-refractivity contribution in [1.29, 1.82) is 0 Å². The highest BCUT2D eigenvalue weighted by Crippen LogP contribution is 2.11. The van der Waals surface area contributed by atoms with Crippen LogP contribution in [0.4, 0.5) is 0 Å². The van der Waals surface area contributed by atoms with Gasteiger partial charge in [-0.3, -0.25) is 0 Å². The smallest absolute Gasteiger partial charge is 0.139 e. The van der Waals surface area contributed by atoms with Gasteiger partial charge in [-0.1, -0.05) is 0 Å². The van der Waals surface area contributed by atoms with E-state index in [4.69, 9.17) is 5.21 Å². The molecule has 1 N–H and O–H groups in total. The molecule has 1 fully saturated rings. The molecule has 1 heterocycles. The molecule has 0 bridgehead atoms. The van der Waals surface area contributed by atoms with Crippen LogP contribution in [0, 0.1) is 0 Å². The summed E-state index contributed by atoms with van der Waals surface area (Å²) >= 11 is 0. The van der Waals surface area contributed by atoms with E-state index in [0.29, 0.717) is 6.54 Å². The lowest BCUT2D eigenvalue weighted by molar-refractivity contribution is -0.132. The largest absolute Gasteiger partial charge is 0.313 e. The van der Waals surface area contributed by atoms with E-state index >= 15 is 0 Å². The Hall–Kier alpha value is -0.410. The molecule has 46 valence electrons. The SMILES string of the molecule is O=CC1CCCN1O. The molecule has 0 radical (unpaired) electrons. The van der Waals surface area contributed by atoms with E-state index in [1.54, 1.807) is 0 Å². The maximum atomic E-state index is 10.0. The molecule has 0 aliphatic carbocycles. The van der Waals surface area contributed by atoms with Crippen LogP contribution in [0.3, 0.4) is 0 Å². The Labute approximate surface area is 47.9 Å². The third-order valence-electron chi connectivity index (χ3n) is 1.43. The molecular formula is C5H9NO2. The van der Waals surface area contributed by atoms with Gasteiger partial charge in [0.15, 0.2) is 0 Å². The quantitative estimate of drug-likeness (QED) is 0.490. The molecule has 1 aliphatic rings. The number of aldehydes is 1. The number of hydrogen-bond donors (Lipinski definition) is 1. The average molecular weight is 115 g/mol. The maximum Gasteiger partial charge on any atom is 0.139 e. The summed E-state index contributed by atoms with van der Waals surface area (Å²) in [4.78, 5) is 10.0. The summed E-state index contributed by atoms with van der Waals surface area (Å²) < 4.78 is 0. The minimum absolute atomic E-state index is 0.227. The summed E-state index contributed by atoms with van der Waals surface area (Å²) in [5, 5.41) is 9.88. The van der Waals surface area contributed by atoms with Crippen LogP contribution in [0.1, 0.15) is 12.8 Å². The van der Waals surface area contributed by atoms with Gasteiger partial charge in [0.2, 0.25) is 0 Å². The minimum atomic E-state index is -0.227. The molecule has 0 amide bonds. The first-order valence-electron chi connectivity index (χ1n) is 2.75. The van der Waals surface area contributed by atoms with Gasteiger partial charge in [-0.15, -0.1) is 0 Å². The lowest BCUT2D eigenvalue weighted by Crippen LogP contribution is -2.26. The molecule has 3 heteroatoms. The van der Waals surface area contributed by atoms with Crippen LogP contribution in [-0.4, -0.2) is 29.1 Å². The highest BCUT2D eigenvalue weighted by Gasteiger charge is 2.21. The van der Waals surface area contributed by atoms with Crippen LogP contribution in [0.15, 0.2) is 0 Å². The standard InChI is InChI=1S/C5H9NO2/c7-4-5-2-1-3-6(5)8/h4-5,8H,1-3H2. The second-order valence-electron chi connectivity index (χ2n) is 2.01. The van der Waals surface area contributed by atoms with Crippen LogP contribution in [0.2, 0.25) is 0 Å². The van der Waals surface area contributed by atoms with E-state index in [1.807, 2.05) is 0 Å². The third kappa shape index (κ3) is 0.877. The van der Waals surface area contributed by atoms with E-state index < -0.39 is 0 Å². The summed E-state index contributed by atoms with van der Waals surface area (Å²) in [6.07, 6.45) is 2.52. The number of hydrogen-bond acceptors (Lipinski definition) is 3. The normalized spacial score (nSPS) is 30.9. The monoisotopic (exact) mass is 115 g/mol. The van der Waals surface area contributed by atoms with Crippen LogP contribution < -0.4 is 0 Å². The van der Waals surface area contributed by atoms with Gasteiger partial charge in [-0.2, -0.15) is 5.06 Å². The molecule has 3 nitrogen and oxygen atoms in total. The van der Waals surface area contributed by atoms with Crippen molar-refractivity contribution in [1.82, 2.24) is 5.06 Å². The Balaban J connectivity index is 2.41. The summed E-state index contributed by atoms with van der Waals surface area (Å²) in [6, 6.07) is -0.227. The van der Waals surface area contributed by atoms with E-state index in [2.05, 4.69) is 0 Å². The minimum Gasteiger partial charge on any atom is -0.313 e. The molecule has 0 aromatic heterocycles. The third-order valence-corrected chi connectivity index (χ3v) is 1.43. The van der Waals surface area contributed by atoms with Gasteiger partial charge >= 0.3 is 0 Å². The van der Waals surface area contributed by atoms with Gasteiger partial charge in [-0.25, -0.2) is 0 Å². The first-order valence-corrected chi connectivity index (χ1v) is 2.75. The number of carbonyl (C=O) groups is 1. The Morgan fingerprint density at radius 1 is 1.75 bits per heavy atom. The van der Waals surface area contributed by atoms with Crippen LogP contribution >= 0.6 is 0 Å². The predicted molar refractivity (Wildman–Crippen MR) is 27.6 cm³/mol. The first kappa shape index (κ1) is 5.72. The predicted octanol–water partition coefficient (Wildman–Crippen LogP) is 0.0389. The van der Waals surface area contributed by atoms with Crippen molar-refractivity contribution in [2.75, 3.05) is 6.54 Å². The fraction of sp³-hybridized carbons (Fsp3) is 0.800. The topological polar surface area (TPSA) is 40.5 Å². The zero-order valence-corrected chi connectivity index (χ0v) is 4.58. The van der Waals surface area contributed by atoms with Gasteiger partial charge in [0.25, 0.3) is 0 Å². The van der Waals surface area contributed by atoms with Crippen LogP contribution in [0.5, 0.6) is 0 Å². The first-order chi connectivity index (χ1) is 3.84. The Kier molecular flexibility index (Phi) is 1.60. The van der Waals surface area contributed by atoms with E-state index in [-0.39, 0.29) is 6.04 Å². The molecule has 1 rings (SSSR count). The van der Waals surface area contributed by atoms with Gasteiger partial charge in [0.1, 0.15) is 6.29 Å². The van der Waals surface area contributed by atoms with Gasteiger partial charge in [-0.05, 0) is 12.8 Å². The van der Waals surface area contributed by atoms with Crippen molar-refractivity contribution in [3.63, 3.8) is 0 Å². The molecule has 0 aromatic rings. The Morgan fingerprint density at radius 2 is 2.50 bits per heavy atom. The summed E-state index contributed by atoms with van der Waals surface area (Å²) in [5.41, 5.74) is 0. The maximum absolute atomic E-state index is 10.0. The zero-order valence-electron chi connectivity index (χ0n) is 4.58. The fourth-order valence-corrected chi connectivity index (χ4v) is 0.916. The lowest BCUT2D eigenvalue weighted by Gasteiger charge is -2.08. The van der Waals surface area contributed by atoms with Crippen LogP contribution in [-0.2, 0) is 4.79 Å². The van der Waals surface area contributed by atoms with Crippen LogP contribution in [0.25, 0.3) is 0 Å². The van der Waals surface area contributed by atoms with Gasteiger partial charge in [0, 0.05) is 6.54 Å². The molecule has 1 atom stereocenters.